The maximum atomic E-state index is 12.4. The summed E-state index contributed by atoms with van der Waals surface area (Å²) in [6, 6.07) is 8.43. The number of carbonyl (C=O) groups is 1. The van der Waals surface area contributed by atoms with E-state index in [0.717, 1.165) is 38.0 Å². The minimum atomic E-state index is 0.119. The number of hydrogen-bond acceptors (Lipinski definition) is 2. The normalized spacial score (nSPS) is 16.0. The first kappa shape index (κ1) is 17.5. The summed E-state index contributed by atoms with van der Waals surface area (Å²) in [4.78, 5) is 18.4. The monoisotopic (exact) mass is 337 g/mol. The minimum absolute atomic E-state index is 0.119. The lowest BCUT2D eigenvalue weighted by Gasteiger charge is -2.31. The summed E-state index contributed by atoms with van der Waals surface area (Å²) < 4.78 is 2.13. The van der Waals surface area contributed by atoms with Gasteiger partial charge in [-0.3, -0.25) is 4.79 Å². The Bertz CT molecular complexity index is 693. The summed E-state index contributed by atoms with van der Waals surface area (Å²) in [5.41, 5.74) is 2.40. The van der Waals surface area contributed by atoms with Crippen LogP contribution in [0.4, 0.5) is 0 Å². The van der Waals surface area contributed by atoms with E-state index in [1.807, 2.05) is 29.7 Å². The quantitative estimate of drug-likeness (QED) is 0.775. The third-order valence-electron chi connectivity index (χ3n) is 4.98. The van der Waals surface area contributed by atoms with Gasteiger partial charge in [0, 0.05) is 38.1 Å². The molecule has 0 saturated carbocycles. The molecule has 2 heterocycles. The Kier molecular flexibility index (Phi) is 5.69. The maximum absolute atomic E-state index is 12.4. The molecule has 1 aromatic heterocycles. The maximum Gasteiger partial charge on any atom is 0.246 e. The van der Waals surface area contributed by atoms with Gasteiger partial charge < -0.3 is 9.47 Å². The first-order valence-electron chi connectivity index (χ1n) is 9.14. The van der Waals surface area contributed by atoms with Crippen molar-refractivity contribution in [2.75, 3.05) is 13.1 Å². The lowest BCUT2D eigenvalue weighted by Crippen LogP contribution is -2.38. The van der Waals surface area contributed by atoms with Crippen molar-refractivity contribution in [2.24, 2.45) is 5.92 Å². The molecule has 1 fully saturated rings. The fourth-order valence-corrected chi connectivity index (χ4v) is 3.29. The zero-order valence-corrected chi connectivity index (χ0v) is 15.1. The van der Waals surface area contributed by atoms with Crippen molar-refractivity contribution in [1.29, 1.82) is 0 Å². The number of aromatic nitrogens is 2. The summed E-state index contributed by atoms with van der Waals surface area (Å²) in [5, 5.41) is 0. The van der Waals surface area contributed by atoms with Gasteiger partial charge in [-0.2, -0.15) is 0 Å². The van der Waals surface area contributed by atoms with Crippen LogP contribution in [-0.2, 0) is 11.3 Å². The van der Waals surface area contributed by atoms with Crippen LogP contribution in [0, 0.1) is 5.92 Å². The molecule has 2 aromatic rings. The minimum Gasteiger partial charge on any atom is -0.339 e. The summed E-state index contributed by atoms with van der Waals surface area (Å²) in [6.45, 7) is 7.05. The average Bonchev–Trinajstić information content (AvgIpc) is 3.13. The van der Waals surface area contributed by atoms with Crippen molar-refractivity contribution in [3.63, 3.8) is 0 Å². The number of hydrogen-bond donors (Lipinski definition) is 0. The van der Waals surface area contributed by atoms with Gasteiger partial charge in [-0.25, -0.2) is 4.98 Å². The predicted octanol–water partition coefficient (Wildman–Crippen LogP) is 3.96. The smallest absolute Gasteiger partial charge is 0.246 e. The fraction of sp³-hybridized carbons (Fsp3) is 0.429. The Balaban J connectivity index is 1.48. The van der Waals surface area contributed by atoms with Crippen LogP contribution in [0.15, 0.2) is 49.1 Å². The molecule has 0 unspecified atom stereocenters. The summed E-state index contributed by atoms with van der Waals surface area (Å²) in [6.07, 6.45) is 11.4. The van der Waals surface area contributed by atoms with E-state index in [4.69, 9.17) is 0 Å². The molecule has 1 saturated heterocycles. The molecule has 1 amide bonds. The molecule has 1 aliphatic rings. The lowest BCUT2D eigenvalue weighted by atomic mass is 9.96. The topological polar surface area (TPSA) is 38.1 Å². The highest BCUT2D eigenvalue weighted by Crippen LogP contribution is 2.20. The average molecular weight is 337 g/mol. The number of imidazole rings is 1. The van der Waals surface area contributed by atoms with Crippen LogP contribution in [0.3, 0.4) is 0 Å². The zero-order valence-electron chi connectivity index (χ0n) is 15.1. The largest absolute Gasteiger partial charge is 0.339 e. The van der Waals surface area contributed by atoms with E-state index in [1.54, 1.807) is 6.08 Å². The van der Waals surface area contributed by atoms with Gasteiger partial charge in [-0.05, 0) is 41.9 Å². The van der Waals surface area contributed by atoms with E-state index in [0.29, 0.717) is 11.8 Å². The first-order chi connectivity index (χ1) is 12.1. The number of nitrogens with zero attached hydrogens (tertiary/aromatic N) is 3. The Hall–Kier alpha value is -2.36. The highest BCUT2D eigenvalue weighted by atomic mass is 16.2. The molecule has 25 heavy (non-hydrogen) atoms. The number of carbonyl (C=O) groups excluding carboxylic acids is 1. The van der Waals surface area contributed by atoms with Crippen LogP contribution in [0.25, 0.3) is 6.08 Å². The number of piperidine rings is 1. The lowest BCUT2D eigenvalue weighted by molar-refractivity contribution is -0.127. The molecular formula is C21H27N3O. The van der Waals surface area contributed by atoms with Crippen LogP contribution in [0.1, 0.15) is 43.7 Å². The second-order valence-electron chi connectivity index (χ2n) is 7.18. The van der Waals surface area contributed by atoms with E-state index in [9.17, 15) is 4.79 Å². The number of amides is 1. The van der Waals surface area contributed by atoms with Crippen LogP contribution in [0.5, 0.6) is 0 Å². The van der Waals surface area contributed by atoms with E-state index < -0.39 is 0 Å². The second-order valence-corrected chi connectivity index (χ2v) is 7.18. The molecule has 0 radical (unpaired) electrons. The molecule has 0 aliphatic carbocycles. The Labute approximate surface area is 150 Å². The van der Waals surface area contributed by atoms with Crippen LogP contribution in [-0.4, -0.2) is 33.4 Å². The van der Waals surface area contributed by atoms with Gasteiger partial charge in [0.2, 0.25) is 5.91 Å². The molecule has 4 heteroatoms. The third-order valence-corrected chi connectivity index (χ3v) is 4.98. The summed E-state index contributed by atoms with van der Waals surface area (Å²) >= 11 is 0. The third kappa shape index (κ3) is 4.81. The molecule has 132 valence electrons. The van der Waals surface area contributed by atoms with Gasteiger partial charge in [0.25, 0.3) is 0 Å². The van der Waals surface area contributed by atoms with Crippen LogP contribution < -0.4 is 0 Å². The Morgan fingerprint density at radius 1 is 1.24 bits per heavy atom. The molecule has 0 N–H and O–H groups in total. The zero-order chi connectivity index (χ0) is 17.6. The molecule has 3 rings (SSSR count). The van der Waals surface area contributed by atoms with Gasteiger partial charge in [0.15, 0.2) is 0 Å². The standard InChI is InChI=1S/C21H27N3O/c1-17(2)20-6-3-18(4-7-20)5-8-21(25)24-12-9-19(10-13-24)15-23-14-11-22-16-23/h3-8,11,14,16-17,19H,9-10,12-13,15H2,1-2H3/b8-5+. The number of rotatable bonds is 5. The Morgan fingerprint density at radius 3 is 2.56 bits per heavy atom. The molecule has 0 bridgehead atoms. The van der Waals surface area contributed by atoms with E-state index >= 15 is 0 Å². The van der Waals surface area contributed by atoms with Crippen molar-refractivity contribution >= 4 is 12.0 Å². The molecule has 1 aliphatic heterocycles. The SMILES string of the molecule is CC(C)c1ccc(/C=C/C(=O)N2CCC(Cn3ccnc3)CC2)cc1. The predicted molar refractivity (Wildman–Crippen MR) is 101 cm³/mol. The van der Waals surface area contributed by atoms with Crippen molar-refractivity contribution in [2.45, 2.75) is 39.2 Å². The van der Waals surface area contributed by atoms with E-state index in [1.165, 1.54) is 5.56 Å². The van der Waals surface area contributed by atoms with Crippen molar-refractivity contribution in [3.05, 3.63) is 60.2 Å². The summed E-state index contributed by atoms with van der Waals surface area (Å²) in [5.74, 6) is 1.28. The molecule has 0 atom stereocenters. The van der Waals surface area contributed by atoms with Gasteiger partial charge in [0.05, 0.1) is 6.33 Å². The second kappa shape index (κ2) is 8.15. The van der Waals surface area contributed by atoms with Gasteiger partial charge >= 0.3 is 0 Å². The fourth-order valence-electron chi connectivity index (χ4n) is 3.29. The number of likely N-dealkylation sites (tertiary alicyclic amines) is 1. The first-order valence-corrected chi connectivity index (χ1v) is 9.14. The summed E-state index contributed by atoms with van der Waals surface area (Å²) in [7, 11) is 0. The molecular weight excluding hydrogens is 310 g/mol. The molecule has 4 nitrogen and oxygen atoms in total. The van der Waals surface area contributed by atoms with Gasteiger partial charge in [0.1, 0.15) is 0 Å². The van der Waals surface area contributed by atoms with Crippen molar-refractivity contribution in [1.82, 2.24) is 14.5 Å². The highest BCUT2D eigenvalue weighted by molar-refractivity contribution is 5.91. The van der Waals surface area contributed by atoms with Crippen molar-refractivity contribution in [3.8, 4) is 0 Å². The number of benzene rings is 1. The van der Waals surface area contributed by atoms with Crippen LogP contribution in [0.2, 0.25) is 0 Å². The van der Waals surface area contributed by atoms with Gasteiger partial charge in [-0.1, -0.05) is 38.1 Å². The molecule has 0 spiro atoms. The highest BCUT2D eigenvalue weighted by Gasteiger charge is 2.21. The Morgan fingerprint density at radius 2 is 1.96 bits per heavy atom. The van der Waals surface area contributed by atoms with Gasteiger partial charge in [-0.15, -0.1) is 0 Å². The van der Waals surface area contributed by atoms with Crippen molar-refractivity contribution < 1.29 is 4.79 Å². The molecule has 1 aromatic carbocycles. The van der Waals surface area contributed by atoms with Crippen LogP contribution >= 0.6 is 0 Å². The van der Waals surface area contributed by atoms with E-state index in [-0.39, 0.29) is 5.91 Å². The van der Waals surface area contributed by atoms with E-state index in [2.05, 4.69) is 47.7 Å².